The molecule has 0 bridgehead atoms. The lowest BCUT2D eigenvalue weighted by atomic mass is 9.81. The van der Waals surface area contributed by atoms with Crippen LogP contribution in [0.3, 0.4) is 0 Å². The minimum Gasteiger partial charge on any atom is -0.497 e. The Hall–Kier alpha value is -2.05. The second kappa shape index (κ2) is 6.53. The van der Waals surface area contributed by atoms with Gasteiger partial charge in [-0.1, -0.05) is 20.8 Å². The predicted molar refractivity (Wildman–Crippen MR) is 109 cm³/mol. The van der Waals surface area contributed by atoms with Gasteiger partial charge in [-0.3, -0.25) is 9.69 Å². The summed E-state index contributed by atoms with van der Waals surface area (Å²) in [4.78, 5) is 15.1. The van der Waals surface area contributed by atoms with Crippen molar-refractivity contribution in [3.05, 3.63) is 48.4 Å². The summed E-state index contributed by atoms with van der Waals surface area (Å²) < 4.78 is 17.6. The zero-order valence-corrected chi connectivity index (χ0v) is 18.2. The van der Waals surface area contributed by atoms with Gasteiger partial charge in [-0.15, -0.1) is 0 Å². The summed E-state index contributed by atoms with van der Waals surface area (Å²) in [6.07, 6.45) is 1.64. The molecule has 1 fully saturated rings. The molecule has 6 heteroatoms. The highest BCUT2D eigenvalue weighted by Gasteiger charge is 2.63. The van der Waals surface area contributed by atoms with Gasteiger partial charge in [0.05, 0.1) is 13.4 Å². The van der Waals surface area contributed by atoms with E-state index in [4.69, 9.17) is 13.6 Å². The van der Waals surface area contributed by atoms with Crippen molar-refractivity contribution in [1.82, 2.24) is 0 Å². The van der Waals surface area contributed by atoms with Gasteiger partial charge in [-0.2, -0.15) is 0 Å². The standard InChI is InChI=1S/C21H29NO4Si/c1-20(2,3)27(6,7)26-21(4)18(17-9-8-14-25-17)22(19(21)23)15-10-12-16(24-5)13-11-15/h8-14,18H,1-7H3. The molecule has 1 aliphatic rings. The minimum absolute atomic E-state index is 0.00450. The molecule has 0 N–H and O–H groups in total. The topological polar surface area (TPSA) is 51.9 Å². The first-order valence-electron chi connectivity index (χ1n) is 9.22. The maximum Gasteiger partial charge on any atom is 0.261 e. The van der Waals surface area contributed by atoms with Crippen LogP contribution in [0.2, 0.25) is 18.1 Å². The Morgan fingerprint density at radius 3 is 2.26 bits per heavy atom. The van der Waals surface area contributed by atoms with Gasteiger partial charge in [0, 0.05) is 5.69 Å². The lowest BCUT2D eigenvalue weighted by molar-refractivity contribution is -0.149. The zero-order valence-electron chi connectivity index (χ0n) is 17.2. The molecule has 27 heavy (non-hydrogen) atoms. The Labute approximate surface area is 162 Å². The summed E-state index contributed by atoms with van der Waals surface area (Å²) >= 11 is 0. The molecule has 0 aliphatic carbocycles. The van der Waals surface area contributed by atoms with Crippen LogP contribution in [0.5, 0.6) is 5.75 Å². The number of methoxy groups -OCH3 is 1. The van der Waals surface area contributed by atoms with E-state index in [2.05, 4.69) is 33.9 Å². The monoisotopic (exact) mass is 387 g/mol. The van der Waals surface area contributed by atoms with Gasteiger partial charge in [0.25, 0.3) is 5.91 Å². The number of nitrogens with zero attached hydrogens (tertiary/aromatic N) is 1. The number of furan rings is 1. The SMILES string of the molecule is COc1ccc(N2C(=O)C(C)(O[Si](C)(C)C(C)(C)C)C2c2ccco2)cc1. The van der Waals surface area contributed by atoms with Crippen LogP contribution in [0.15, 0.2) is 47.1 Å². The molecule has 1 amide bonds. The summed E-state index contributed by atoms with van der Waals surface area (Å²) in [7, 11) is -0.536. The average molecular weight is 388 g/mol. The molecule has 2 unspecified atom stereocenters. The largest absolute Gasteiger partial charge is 0.497 e. The predicted octanol–water partition coefficient (Wildman–Crippen LogP) is 5.16. The average Bonchev–Trinajstić information content (AvgIpc) is 3.11. The molecule has 5 nitrogen and oxygen atoms in total. The first-order valence-corrected chi connectivity index (χ1v) is 12.1. The van der Waals surface area contributed by atoms with E-state index in [9.17, 15) is 4.79 Å². The van der Waals surface area contributed by atoms with Crippen LogP contribution in [0, 0.1) is 0 Å². The quantitative estimate of drug-likeness (QED) is 0.525. The van der Waals surface area contributed by atoms with Gasteiger partial charge in [-0.05, 0) is 61.5 Å². The Morgan fingerprint density at radius 1 is 1.15 bits per heavy atom. The second-order valence-electron chi connectivity index (χ2n) is 8.76. The van der Waals surface area contributed by atoms with Crippen molar-refractivity contribution in [1.29, 1.82) is 0 Å². The van der Waals surface area contributed by atoms with Crippen LogP contribution in [-0.2, 0) is 9.22 Å². The van der Waals surface area contributed by atoms with Crippen molar-refractivity contribution in [3.8, 4) is 5.75 Å². The second-order valence-corrected chi connectivity index (χ2v) is 13.5. The fourth-order valence-corrected chi connectivity index (χ4v) is 4.86. The number of benzene rings is 1. The Morgan fingerprint density at radius 2 is 1.78 bits per heavy atom. The third kappa shape index (κ3) is 3.21. The summed E-state index contributed by atoms with van der Waals surface area (Å²) in [6.45, 7) is 12.8. The fraction of sp³-hybridized carbons (Fsp3) is 0.476. The number of amides is 1. The molecule has 0 saturated carbocycles. The number of hydrogen-bond donors (Lipinski definition) is 0. The molecular weight excluding hydrogens is 358 g/mol. The van der Waals surface area contributed by atoms with E-state index >= 15 is 0 Å². The van der Waals surface area contributed by atoms with Crippen molar-refractivity contribution in [3.63, 3.8) is 0 Å². The van der Waals surface area contributed by atoms with E-state index in [1.807, 2.05) is 43.3 Å². The van der Waals surface area contributed by atoms with E-state index in [0.717, 1.165) is 17.2 Å². The van der Waals surface area contributed by atoms with Crippen molar-refractivity contribution < 1.29 is 18.4 Å². The van der Waals surface area contributed by atoms with Crippen LogP contribution >= 0.6 is 0 Å². The molecule has 0 radical (unpaired) electrons. The van der Waals surface area contributed by atoms with Gasteiger partial charge >= 0.3 is 0 Å². The summed E-state index contributed by atoms with van der Waals surface area (Å²) in [5.74, 6) is 1.44. The lowest BCUT2D eigenvalue weighted by Crippen LogP contribution is -2.71. The van der Waals surface area contributed by atoms with E-state index in [0.29, 0.717) is 0 Å². The number of hydrogen-bond acceptors (Lipinski definition) is 4. The first-order chi connectivity index (χ1) is 12.5. The normalized spacial score (nSPS) is 23.3. The highest BCUT2D eigenvalue weighted by molar-refractivity contribution is 6.74. The highest BCUT2D eigenvalue weighted by atomic mass is 28.4. The third-order valence-electron chi connectivity index (χ3n) is 5.86. The van der Waals surface area contributed by atoms with Crippen LogP contribution in [0.4, 0.5) is 5.69 Å². The van der Waals surface area contributed by atoms with E-state index in [1.54, 1.807) is 18.3 Å². The molecule has 2 atom stereocenters. The Bertz CT molecular complexity index is 808. The van der Waals surface area contributed by atoms with Crippen molar-refractivity contribution in [2.45, 2.75) is 57.5 Å². The molecule has 1 aromatic heterocycles. The summed E-state index contributed by atoms with van der Waals surface area (Å²) in [5.41, 5.74) is -0.139. The molecule has 3 rings (SSSR count). The molecule has 0 spiro atoms. The minimum atomic E-state index is -2.16. The maximum absolute atomic E-state index is 13.3. The zero-order chi connectivity index (χ0) is 20.0. The van der Waals surface area contributed by atoms with Gasteiger partial charge in [0.2, 0.25) is 0 Å². The molecule has 1 saturated heterocycles. The molecular formula is C21H29NO4Si. The third-order valence-corrected chi connectivity index (χ3v) is 10.4. The summed E-state index contributed by atoms with van der Waals surface area (Å²) in [5, 5.41) is 0.00450. The lowest BCUT2D eigenvalue weighted by Gasteiger charge is -2.56. The van der Waals surface area contributed by atoms with Crippen LogP contribution < -0.4 is 9.64 Å². The number of β-lactam (4-membered cyclic amide) rings is 1. The van der Waals surface area contributed by atoms with E-state index in [-0.39, 0.29) is 17.0 Å². The maximum atomic E-state index is 13.3. The first kappa shape index (κ1) is 19.7. The van der Waals surface area contributed by atoms with Crippen LogP contribution in [0.25, 0.3) is 0 Å². The van der Waals surface area contributed by atoms with Crippen LogP contribution in [0.1, 0.15) is 39.5 Å². The number of rotatable bonds is 5. The molecule has 1 aliphatic heterocycles. The number of ether oxygens (including phenoxy) is 1. The molecule has 2 heterocycles. The van der Waals surface area contributed by atoms with Crippen LogP contribution in [-0.4, -0.2) is 26.9 Å². The Balaban J connectivity index is 1.99. The molecule has 1 aromatic carbocycles. The summed E-state index contributed by atoms with van der Waals surface area (Å²) in [6, 6.07) is 10.9. The smallest absolute Gasteiger partial charge is 0.261 e. The molecule has 146 valence electrons. The van der Waals surface area contributed by atoms with Gasteiger partial charge < -0.3 is 13.6 Å². The Kier molecular flexibility index (Phi) is 4.76. The van der Waals surface area contributed by atoms with Gasteiger partial charge in [0.1, 0.15) is 17.6 Å². The number of carbonyl (C=O) groups is 1. The number of carbonyl (C=O) groups excluding carboxylic acids is 1. The van der Waals surface area contributed by atoms with Gasteiger partial charge in [-0.25, -0.2) is 0 Å². The van der Waals surface area contributed by atoms with Crippen molar-refractivity contribution in [2.24, 2.45) is 0 Å². The van der Waals surface area contributed by atoms with E-state index < -0.39 is 13.9 Å². The number of anilines is 1. The molecule has 2 aromatic rings. The fourth-order valence-electron chi connectivity index (χ4n) is 3.29. The van der Waals surface area contributed by atoms with E-state index in [1.165, 1.54) is 0 Å². The highest BCUT2D eigenvalue weighted by Crippen LogP contribution is 2.52. The van der Waals surface area contributed by atoms with Gasteiger partial charge in [0.15, 0.2) is 13.9 Å². The van der Waals surface area contributed by atoms with Crippen molar-refractivity contribution >= 4 is 19.9 Å². The van der Waals surface area contributed by atoms with Crippen molar-refractivity contribution in [2.75, 3.05) is 12.0 Å².